The van der Waals surface area contributed by atoms with Crippen molar-refractivity contribution in [1.29, 1.82) is 0 Å². The minimum Gasteiger partial charge on any atom is -0.507 e. The van der Waals surface area contributed by atoms with Gasteiger partial charge in [0.05, 0.1) is 16.5 Å². The maximum atomic E-state index is 12.8. The van der Waals surface area contributed by atoms with E-state index in [1.165, 1.54) is 24.4 Å². The number of hydrogen-bond acceptors (Lipinski definition) is 2. The number of H-pyrrole nitrogens is 1. The van der Waals surface area contributed by atoms with Crippen molar-refractivity contribution in [3.05, 3.63) is 53.7 Å². The largest absolute Gasteiger partial charge is 0.507 e. The molecule has 2 aromatic carbocycles. The summed E-state index contributed by atoms with van der Waals surface area (Å²) in [5.74, 6) is -0.103. The highest BCUT2D eigenvalue weighted by Gasteiger charge is 2.30. The van der Waals surface area contributed by atoms with E-state index in [0.29, 0.717) is 28.3 Å². The van der Waals surface area contributed by atoms with Crippen LogP contribution in [0.5, 0.6) is 5.75 Å². The summed E-state index contributed by atoms with van der Waals surface area (Å²) in [6, 6.07) is 7.76. The van der Waals surface area contributed by atoms with Crippen LogP contribution in [0.15, 0.2) is 42.6 Å². The van der Waals surface area contributed by atoms with E-state index >= 15 is 0 Å². The predicted octanol–water partition coefficient (Wildman–Crippen LogP) is 4.37. The number of carbonyl (C=O) groups excluding carboxylic acids is 1. The second kappa shape index (κ2) is 4.91. The number of hydrogen-bond donors (Lipinski definition) is 2. The summed E-state index contributed by atoms with van der Waals surface area (Å²) < 4.78 is 38.5. The lowest BCUT2D eigenvalue weighted by Crippen LogP contribution is -2.04. The van der Waals surface area contributed by atoms with E-state index in [0.717, 1.165) is 12.1 Å². The van der Waals surface area contributed by atoms with Gasteiger partial charge in [0.2, 0.25) is 0 Å². The van der Waals surface area contributed by atoms with Crippen LogP contribution in [0, 0.1) is 0 Å². The van der Waals surface area contributed by atoms with E-state index in [1.807, 2.05) is 0 Å². The Labute approximate surface area is 123 Å². The second-order valence-corrected chi connectivity index (χ2v) is 4.82. The molecule has 0 spiro atoms. The molecule has 6 heteroatoms. The molecule has 0 bridgehead atoms. The van der Waals surface area contributed by atoms with Crippen LogP contribution in [0.2, 0.25) is 0 Å². The molecule has 3 rings (SSSR count). The molecule has 112 valence electrons. The van der Waals surface area contributed by atoms with Crippen molar-refractivity contribution in [3.8, 4) is 16.9 Å². The Kier molecular flexibility index (Phi) is 3.16. The van der Waals surface area contributed by atoms with Crippen molar-refractivity contribution < 1.29 is 23.1 Å². The maximum absolute atomic E-state index is 12.8. The summed E-state index contributed by atoms with van der Waals surface area (Å²) in [5.41, 5.74) is 0.738. The highest BCUT2D eigenvalue weighted by atomic mass is 19.4. The van der Waals surface area contributed by atoms with Gasteiger partial charge >= 0.3 is 6.18 Å². The first kappa shape index (κ1) is 14.2. The number of aromatic hydroxyl groups is 1. The first-order chi connectivity index (χ1) is 10.4. The van der Waals surface area contributed by atoms with Gasteiger partial charge in [0.25, 0.3) is 0 Å². The van der Waals surface area contributed by atoms with Crippen LogP contribution >= 0.6 is 0 Å². The minimum atomic E-state index is -4.43. The topological polar surface area (TPSA) is 53.1 Å². The van der Waals surface area contributed by atoms with Crippen LogP contribution in [0.3, 0.4) is 0 Å². The second-order valence-electron chi connectivity index (χ2n) is 4.82. The first-order valence-corrected chi connectivity index (χ1v) is 6.37. The summed E-state index contributed by atoms with van der Waals surface area (Å²) in [5, 5.41) is 10.2. The van der Waals surface area contributed by atoms with Crippen molar-refractivity contribution in [1.82, 2.24) is 4.98 Å². The summed E-state index contributed by atoms with van der Waals surface area (Å²) in [7, 11) is 0. The molecule has 22 heavy (non-hydrogen) atoms. The number of aldehydes is 1. The average Bonchev–Trinajstić information content (AvgIpc) is 2.92. The van der Waals surface area contributed by atoms with Crippen molar-refractivity contribution in [2.24, 2.45) is 0 Å². The van der Waals surface area contributed by atoms with Crippen LogP contribution in [0.1, 0.15) is 15.9 Å². The molecular formula is C16H10F3NO2. The van der Waals surface area contributed by atoms with Gasteiger partial charge in [-0.15, -0.1) is 0 Å². The molecule has 1 heterocycles. The summed E-state index contributed by atoms with van der Waals surface area (Å²) in [4.78, 5) is 13.8. The Morgan fingerprint density at radius 3 is 2.59 bits per heavy atom. The summed E-state index contributed by atoms with van der Waals surface area (Å²) >= 11 is 0. The number of aromatic amines is 1. The standard InChI is InChI=1S/C16H10F3NO2/c17-16(18,19)11-3-1-2-9(6-11)12-4-5-13(22)14-10(8-21)7-20-15(12)14/h1-8,20,22H. The molecule has 0 aliphatic heterocycles. The molecule has 0 saturated carbocycles. The number of alkyl halides is 3. The Hall–Kier alpha value is -2.76. The van der Waals surface area contributed by atoms with Gasteiger partial charge in [0, 0.05) is 17.3 Å². The van der Waals surface area contributed by atoms with Gasteiger partial charge in [-0.25, -0.2) is 0 Å². The van der Waals surface area contributed by atoms with Gasteiger partial charge in [-0.1, -0.05) is 12.1 Å². The van der Waals surface area contributed by atoms with Crippen LogP contribution in [-0.4, -0.2) is 16.4 Å². The molecule has 0 atom stereocenters. The third kappa shape index (κ3) is 2.22. The summed E-state index contributed by atoms with van der Waals surface area (Å²) in [6.07, 6.45) is -2.45. The predicted molar refractivity (Wildman–Crippen MR) is 75.8 cm³/mol. The highest BCUT2D eigenvalue weighted by Crippen LogP contribution is 2.37. The molecule has 3 aromatic rings. The Bertz CT molecular complexity index is 865. The van der Waals surface area contributed by atoms with Gasteiger partial charge in [-0.05, 0) is 29.8 Å². The van der Waals surface area contributed by atoms with Crippen molar-refractivity contribution in [2.75, 3.05) is 0 Å². The number of phenolic OH excluding ortho intramolecular Hbond substituents is 1. The smallest absolute Gasteiger partial charge is 0.416 e. The van der Waals surface area contributed by atoms with Gasteiger partial charge < -0.3 is 10.1 Å². The third-order valence-corrected chi connectivity index (χ3v) is 3.47. The Morgan fingerprint density at radius 2 is 1.91 bits per heavy atom. The molecule has 0 radical (unpaired) electrons. The van der Waals surface area contributed by atoms with E-state index in [-0.39, 0.29) is 11.3 Å². The number of benzene rings is 2. The fraction of sp³-hybridized carbons (Fsp3) is 0.0625. The number of fused-ring (bicyclic) bond motifs is 1. The number of aromatic nitrogens is 1. The average molecular weight is 305 g/mol. The summed E-state index contributed by atoms with van der Waals surface area (Å²) in [6.45, 7) is 0. The first-order valence-electron chi connectivity index (χ1n) is 6.37. The Balaban J connectivity index is 2.25. The van der Waals surface area contributed by atoms with E-state index in [1.54, 1.807) is 6.07 Å². The molecule has 1 aromatic heterocycles. The van der Waals surface area contributed by atoms with Gasteiger partial charge in [-0.3, -0.25) is 4.79 Å². The molecule has 0 aliphatic rings. The monoisotopic (exact) mass is 305 g/mol. The maximum Gasteiger partial charge on any atom is 0.416 e. The molecule has 0 unspecified atom stereocenters. The number of carbonyl (C=O) groups is 1. The lowest BCUT2D eigenvalue weighted by molar-refractivity contribution is -0.137. The zero-order valence-corrected chi connectivity index (χ0v) is 11.1. The van der Waals surface area contributed by atoms with Crippen LogP contribution in [0.4, 0.5) is 13.2 Å². The zero-order valence-electron chi connectivity index (χ0n) is 11.1. The SMILES string of the molecule is O=Cc1c[nH]c2c(-c3cccc(C(F)(F)F)c3)ccc(O)c12. The van der Waals surface area contributed by atoms with Gasteiger partial charge in [-0.2, -0.15) is 13.2 Å². The molecule has 2 N–H and O–H groups in total. The fourth-order valence-corrected chi connectivity index (χ4v) is 2.45. The molecule has 0 saturated heterocycles. The van der Waals surface area contributed by atoms with Gasteiger partial charge in [0.1, 0.15) is 5.75 Å². The number of phenols is 1. The van der Waals surface area contributed by atoms with Gasteiger partial charge in [0.15, 0.2) is 6.29 Å². The normalized spacial score (nSPS) is 11.8. The highest BCUT2D eigenvalue weighted by molar-refractivity contribution is 6.06. The number of rotatable bonds is 2. The zero-order chi connectivity index (χ0) is 15.9. The lowest BCUT2D eigenvalue weighted by atomic mass is 9.99. The van der Waals surface area contributed by atoms with Crippen LogP contribution < -0.4 is 0 Å². The van der Waals surface area contributed by atoms with Crippen molar-refractivity contribution >= 4 is 17.2 Å². The van der Waals surface area contributed by atoms with E-state index in [2.05, 4.69) is 4.98 Å². The minimum absolute atomic E-state index is 0.103. The molecule has 0 fully saturated rings. The van der Waals surface area contributed by atoms with Crippen molar-refractivity contribution in [3.63, 3.8) is 0 Å². The number of nitrogens with one attached hydrogen (secondary N) is 1. The van der Waals surface area contributed by atoms with Crippen LogP contribution in [0.25, 0.3) is 22.0 Å². The van der Waals surface area contributed by atoms with E-state index < -0.39 is 11.7 Å². The lowest BCUT2D eigenvalue weighted by Gasteiger charge is -2.10. The molecular weight excluding hydrogens is 295 g/mol. The fourth-order valence-electron chi connectivity index (χ4n) is 2.45. The molecule has 0 aliphatic carbocycles. The quantitative estimate of drug-likeness (QED) is 0.691. The number of halogens is 3. The third-order valence-electron chi connectivity index (χ3n) is 3.47. The van der Waals surface area contributed by atoms with E-state index in [9.17, 15) is 23.1 Å². The Morgan fingerprint density at radius 1 is 1.14 bits per heavy atom. The van der Waals surface area contributed by atoms with E-state index in [4.69, 9.17) is 0 Å². The molecule has 3 nitrogen and oxygen atoms in total. The molecule has 0 amide bonds. The van der Waals surface area contributed by atoms with Crippen LogP contribution in [-0.2, 0) is 6.18 Å². The van der Waals surface area contributed by atoms with Crippen molar-refractivity contribution in [2.45, 2.75) is 6.18 Å².